The average molecular weight is 373 g/mol. The molecule has 0 spiro atoms. The van der Waals surface area contributed by atoms with Gasteiger partial charge in [-0.2, -0.15) is 4.31 Å². The maximum atomic E-state index is 12.3. The molecule has 1 aliphatic rings. The van der Waals surface area contributed by atoms with Crippen LogP contribution in [0.2, 0.25) is 0 Å². The highest BCUT2D eigenvalue weighted by Crippen LogP contribution is 2.12. The molecule has 10 heteroatoms. The summed E-state index contributed by atoms with van der Waals surface area (Å²) in [6.45, 7) is 3.19. The first-order valence-electron chi connectivity index (χ1n) is 8.09. The van der Waals surface area contributed by atoms with Gasteiger partial charge in [0, 0.05) is 39.3 Å². The van der Waals surface area contributed by atoms with Gasteiger partial charge < -0.3 is 19.4 Å². The van der Waals surface area contributed by atoms with Crippen LogP contribution in [0.3, 0.4) is 0 Å². The summed E-state index contributed by atoms with van der Waals surface area (Å²) < 4.78 is 36.0. The molecular weight excluding hydrogens is 350 g/mol. The minimum atomic E-state index is -3.49. The molecule has 1 fully saturated rings. The summed E-state index contributed by atoms with van der Waals surface area (Å²) in [5, 5.41) is 2.51. The molecule has 0 radical (unpaired) electrons. The molecule has 9 nitrogen and oxygen atoms in total. The van der Waals surface area contributed by atoms with E-state index in [0.29, 0.717) is 19.7 Å². The van der Waals surface area contributed by atoms with Crippen LogP contribution in [0.5, 0.6) is 0 Å². The SMILES string of the molecule is CCOCC(=O)NCCS(=O)(=O)N1CCN(C(=O)c2ccco2)CC1. The predicted molar refractivity (Wildman–Crippen MR) is 89.5 cm³/mol. The van der Waals surface area contributed by atoms with E-state index < -0.39 is 10.0 Å². The topological polar surface area (TPSA) is 109 Å². The highest BCUT2D eigenvalue weighted by Gasteiger charge is 2.29. The highest BCUT2D eigenvalue weighted by atomic mass is 32.2. The van der Waals surface area contributed by atoms with Crippen LogP contribution in [0.15, 0.2) is 22.8 Å². The Balaban J connectivity index is 1.77. The quantitative estimate of drug-likeness (QED) is 0.659. The molecule has 0 saturated carbocycles. The molecule has 1 N–H and O–H groups in total. The van der Waals surface area contributed by atoms with Crippen LogP contribution in [0.1, 0.15) is 17.5 Å². The van der Waals surface area contributed by atoms with E-state index in [1.807, 2.05) is 0 Å². The van der Waals surface area contributed by atoms with Crippen molar-refractivity contribution < 1.29 is 27.2 Å². The highest BCUT2D eigenvalue weighted by molar-refractivity contribution is 7.89. The number of piperazine rings is 1. The van der Waals surface area contributed by atoms with Crippen molar-refractivity contribution in [3.63, 3.8) is 0 Å². The number of carbonyl (C=O) groups is 2. The number of sulfonamides is 1. The Morgan fingerprint density at radius 2 is 2.00 bits per heavy atom. The maximum absolute atomic E-state index is 12.3. The Morgan fingerprint density at radius 1 is 1.28 bits per heavy atom. The van der Waals surface area contributed by atoms with Crippen LogP contribution < -0.4 is 5.32 Å². The molecule has 0 unspecified atom stereocenters. The van der Waals surface area contributed by atoms with Gasteiger partial charge in [-0.3, -0.25) is 9.59 Å². The molecule has 2 rings (SSSR count). The molecular formula is C15H23N3O6S. The van der Waals surface area contributed by atoms with E-state index in [1.165, 1.54) is 10.6 Å². The summed E-state index contributed by atoms with van der Waals surface area (Å²) in [5.74, 6) is -0.527. The van der Waals surface area contributed by atoms with Crippen LogP contribution in [-0.4, -0.2) is 81.1 Å². The molecule has 2 amide bonds. The average Bonchev–Trinajstić information content (AvgIpc) is 3.14. The van der Waals surface area contributed by atoms with Crippen molar-refractivity contribution in [2.75, 3.05) is 51.7 Å². The van der Waals surface area contributed by atoms with Crippen molar-refractivity contribution in [1.29, 1.82) is 0 Å². The molecule has 1 saturated heterocycles. The largest absolute Gasteiger partial charge is 0.459 e. The Morgan fingerprint density at radius 3 is 2.60 bits per heavy atom. The summed E-state index contributed by atoms with van der Waals surface area (Å²) in [7, 11) is -3.49. The maximum Gasteiger partial charge on any atom is 0.289 e. The number of hydrogen-bond acceptors (Lipinski definition) is 6. The van der Waals surface area contributed by atoms with Crippen LogP contribution >= 0.6 is 0 Å². The summed E-state index contributed by atoms with van der Waals surface area (Å²) in [6.07, 6.45) is 1.42. The van der Waals surface area contributed by atoms with Crippen molar-refractivity contribution in [3.8, 4) is 0 Å². The first-order valence-corrected chi connectivity index (χ1v) is 9.70. The van der Waals surface area contributed by atoms with Crippen molar-refractivity contribution in [2.24, 2.45) is 0 Å². The molecule has 25 heavy (non-hydrogen) atoms. The van der Waals surface area contributed by atoms with Gasteiger partial charge in [0.25, 0.3) is 5.91 Å². The molecule has 140 valence electrons. The second kappa shape index (κ2) is 8.97. The van der Waals surface area contributed by atoms with E-state index >= 15 is 0 Å². The lowest BCUT2D eigenvalue weighted by atomic mass is 10.3. The van der Waals surface area contributed by atoms with Gasteiger partial charge in [0.15, 0.2) is 5.76 Å². The number of nitrogens with one attached hydrogen (secondary N) is 1. The number of hydrogen-bond donors (Lipinski definition) is 1. The van der Waals surface area contributed by atoms with Crippen LogP contribution in [-0.2, 0) is 19.6 Å². The van der Waals surface area contributed by atoms with Crippen molar-refractivity contribution >= 4 is 21.8 Å². The fourth-order valence-corrected chi connectivity index (χ4v) is 3.76. The van der Waals surface area contributed by atoms with E-state index in [0.717, 1.165) is 0 Å². The van der Waals surface area contributed by atoms with Crippen LogP contribution in [0, 0.1) is 0 Å². The first-order chi connectivity index (χ1) is 11.9. The van der Waals surface area contributed by atoms with E-state index in [2.05, 4.69) is 5.32 Å². The summed E-state index contributed by atoms with van der Waals surface area (Å²) in [6, 6.07) is 3.21. The van der Waals surface area contributed by atoms with E-state index in [9.17, 15) is 18.0 Å². The third-order valence-corrected chi connectivity index (χ3v) is 5.64. The van der Waals surface area contributed by atoms with Crippen molar-refractivity contribution in [2.45, 2.75) is 6.92 Å². The minimum absolute atomic E-state index is 0.0276. The van der Waals surface area contributed by atoms with Crippen molar-refractivity contribution in [3.05, 3.63) is 24.2 Å². The predicted octanol–water partition coefficient (Wildman–Crippen LogP) is -0.480. The van der Waals surface area contributed by atoms with E-state index in [4.69, 9.17) is 9.15 Å². The zero-order valence-corrected chi connectivity index (χ0v) is 15.0. The molecule has 1 aliphatic heterocycles. The minimum Gasteiger partial charge on any atom is -0.459 e. The zero-order valence-electron chi connectivity index (χ0n) is 14.1. The second-order valence-electron chi connectivity index (χ2n) is 5.47. The third kappa shape index (κ3) is 5.55. The number of carbonyl (C=O) groups excluding carboxylic acids is 2. The normalized spacial score (nSPS) is 16.0. The summed E-state index contributed by atoms with van der Waals surface area (Å²) in [5.41, 5.74) is 0. The monoisotopic (exact) mass is 373 g/mol. The number of ether oxygens (including phenoxy) is 1. The lowest BCUT2D eigenvalue weighted by Gasteiger charge is -2.33. The Kier molecular flexibility index (Phi) is 6.97. The molecule has 0 bridgehead atoms. The molecule has 0 atom stereocenters. The molecule has 0 aromatic carbocycles. The number of furan rings is 1. The van der Waals surface area contributed by atoms with Crippen molar-refractivity contribution in [1.82, 2.24) is 14.5 Å². The van der Waals surface area contributed by atoms with Gasteiger partial charge >= 0.3 is 0 Å². The Labute approximate surface area is 147 Å². The summed E-state index contributed by atoms with van der Waals surface area (Å²) >= 11 is 0. The van der Waals surface area contributed by atoms with Gasteiger partial charge in [0.1, 0.15) is 6.61 Å². The second-order valence-corrected chi connectivity index (χ2v) is 7.56. The molecule has 0 aliphatic carbocycles. The molecule has 2 heterocycles. The smallest absolute Gasteiger partial charge is 0.289 e. The Hall–Kier alpha value is -1.91. The molecule has 1 aromatic rings. The lowest BCUT2D eigenvalue weighted by Crippen LogP contribution is -2.51. The number of nitrogens with zero attached hydrogens (tertiary/aromatic N) is 2. The van der Waals surface area contributed by atoms with Gasteiger partial charge in [0.2, 0.25) is 15.9 Å². The zero-order chi connectivity index (χ0) is 18.3. The standard InChI is InChI=1S/C15H23N3O6S/c1-2-23-12-14(19)16-5-11-25(21,22)18-8-6-17(7-9-18)15(20)13-4-3-10-24-13/h3-4,10H,2,5-9,11-12H2,1H3,(H,16,19). The number of rotatable bonds is 8. The van der Waals surface area contributed by atoms with E-state index in [-0.39, 0.29) is 49.6 Å². The van der Waals surface area contributed by atoms with Gasteiger partial charge in [-0.05, 0) is 19.1 Å². The number of amides is 2. The molecule has 1 aromatic heterocycles. The lowest BCUT2D eigenvalue weighted by molar-refractivity contribution is -0.125. The fraction of sp³-hybridized carbons (Fsp3) is 0.600. The van der Waals surface area contributed by atoms with E-state index in [1.54, 1.807) is 24.0 Å². The van der Waals surface area contributed by atoms with Gasteiger partial charge in [-0.25, -0.2) is 8.42 Å². The van der Waals surface area contributed by atoms with Crippen LogP contribution in [0.25, 0.3) is 0 Å². The third-order valence-electron chi connectivity index (χ3n) is 3.77. The summed E-state index contributed by atoms with van der Waals surface area (Å²) in [4.78, 5) is 25.1. The first kappa shape index (κ1) is 19.4. The Bertz CT molecular complexity index is 665. The van der Waals surface area contributed by atoms with Gasteiger partial charge in [-0.15, -0.1) is 0 Å². The van der Waals surface area contributed by atoms with Gasteiger partial charge in [0.05, 0.1) is 12.0 Å². The van der Waals surface area contributed by atoms with Gasteiger partial charge in [-0.1, -0.05) is 0 Å². The van der Waals surface area contributed by atoms with Crippen LogP contribution in [0.4, 0.5) is 0 Å². The fourth-order valence-electron chi connectivity index (χ4n) is 2.42.